The van der Waals surface area contributed by atoms with Crippen molar-refractivity contribution in [2.75, 3.05) is 13.7 Å². The number of nitrogens with one attached hydrogen (secondary N) is 1. The van der Waals surface area contributed by atoms with Crippen LogP contribution in [0.5, 0.6) is 5.75 Å². The summed E-state index contributed by atoms with van der Waals surface area (Å²) in [4.78, 5) is 0. The van der Waals surface area contributed by atoms with Crippen molar-refractivity contribution in [3.05, 3.63) is 64.4 Å². The molecule has 0 aliphatic rings. The normalized spacial score (nSPS) is 12.2. The van der Waals surface area contributed by atoms with Crippen molar-refractivity contribution in [1.29, 1.82) is 0 Å². The molecule has 0 fully saturated rings. The molecule has 0 aromatic heterocycles. The van der Waals surface area contributed by atoms with E-state index in [-0.39, 0.29) is 11.9 Å². The zero-order valence-electron chi connectivity index (χ0n) is 12.2. The summed E-state index contributed by atoms with van der Waals surface area (Å²) in [6, 6.07) is 12.1. The highest BCUT2D eigenvalue weighted by Crippen LogP contribution is 2.31. The van der Waals surface area contributed by atoms with Crippen molar-refractivity contribution in [3.63, 3.8) is 0 Å². The summed E-state index contributed by atoms with van der Waals surface area (Å²) in [5, 5.41) is 3.53. The van der Waals surface area contributed by atoms with Gasteiger partial charge in [0.25, 0.3) is 0 Å². The molecule has 2 aromatic carbocycles. The largest absolute Gasteiger partial charge is 0.494 e. The minimum absolute atomic E-state index is 0.293. The molecule has 21 heavy (non-hydrogen) atoms. The van der Waals surface area contributed by atoms with Gasteiger partial charge < -0.3 is 10.1 Å². The van der Waals surface area contributed by atoms with Gasteiger partial charge in [-0.15, -0.1) is 0 Å². The summed E-state index contributed by atoms with van der Waals surface area (Å²) in [7, 11) is 1.79. The lowest BCUT2D eigenvalue weighted by atomic mass is 9.98. The van der Waals surface area contributed by atoms with Crippen LogP contribution < -0.4 is 10.1 Å². The Labute approximate surface area is 129 Å². The van der Waals surface area contributed by atoms with E-state index >= 15 is 0 Å². The maximum absolute atomic E-state index is 14.1. The predicted octanol–water partition coefficient (Wildman–Crippen LogP) is 4.58. The van der Waals surface area contributed by atoms with Gasteiger partial charge in [-0.25, -0.2) is 4.39 Å². The summed E-state index contributed by atoms with van der Waals surface area (Å²) < 4.78 is 19.6. The van der Waals surface area contributed by atoms with E-state index in [9.17, 15) is 4.39 Å². The number of benzene rings is 2. The second kappa shape index (κ2) is 7.43. The molecule has 1 atom stereocenters. The van der Waals surface area contributed by atoms with Crippen LogP contribution in [-0.2, 0) is 0 Å². The third-order valence-corrected chi connectivity index (χ3v) is 3.59. The SMILES string of the molecule is CCCOc1ccc(C(NC)c2c(F)cccc2Cl)cc1. The maximum atomic E-state index is 14.1. The predicted molar refractivity (Wildman–Crippen MR) is 84.5 cm³/mol. The fourth-order valence-electron chi connectivity index (χ4n) is 2.24. The highest BCUT2D eigenvalue weighted by molar-refractivity contribution is 6.31. The van der Waals surface area contributed by atoms with Gasteiger partial charge in [0.1, 0.15) is 11.6 Å². The van der Waals surface area contributed by atoms with Gasteiger partial charge in [0.15, 0.2) is 0 Å². The van der Waals surface area contributed by atoms with Gasteiger partial charge in [-0.3, -0.25) is 0 Å². The van der Waals surface area contributed by atoms with Crippen molar-refractivity contribution >= 4 is 11.6 Å². The quantitative estimate of drug-likeness (QED) is 0.843. The van der Waals surface area contributed by atoms with Gasteiger partial charge in [0.2, 0.25) is 0 Å². The molecule has 0 aliphatic heterocycles. The number of hydrogen-bond donors (Lipinski definition) is 1. The summed E-state index contributed by atoms with van der Waals surface area (Å²) in [6.07, 6.45) is 0.964. The van der Waals surface area contributed by atoms with Crippen LogP contribution in [0.2, 0.25) is 5.02 Å². The van der Waals surface area contributed by atoms with Crippen LogP contribution in [0.3, 0.4) is 0 Å². The lowest BCUT2D eigenvalue weighted by Crippen LogP contribution is -2.19. The molecule has 0 radical (unpaired) electrons. The van der Waals surface area contributed by atoms with Crippen molar-refractivity contribution in [3.8, 4) is 5.75 Å². The van der Waals surface area contributed by atoms with Crippen LogP contribution in [0, 0.1) is 5.82 Å². The highest BCUT2D eigenvalue weighted by atomic mass is 35.5. The summed E-state index contributed by atoms with van der Waals surface area (Å²) in [5.41, 5.74) is 1.40. The number of halogens is 2. The average molecular weight is 308 g/mol. The Hall–Kier alpha value is -1.58. The van der Waals surface area contributed by atoms with Crippen LogP contribution in [0.4, 0.5) is 4.39 Å². The molecule has 0 bridgehead atoms. The zero-order chi connectivity index (χ0) is 15.2. The third-order valence-electron chi connectivity index (χ3n) is 3.26. The standard InChI is InChI=1S/C17H19ClFNO/c1-3-11-21-13-9-7-12(8-10-13)17(20-2)16-14(18)5-4-6-15(16)19/h4-10,17,20H,3,11H2,1-2H3. The Morgan fingerprint density at radius 3 is 2.48 bits per heavy atom. The maximum Gasteiger partial charge on any atom is 0.129 e. The number of rotatable bonds is 6. The molecule has 0 amide bonds. The second-order valence-corrected chi connectivity index (χ2v) is 5.18. The van der Waals surface area contributed by atoms with Gasteiger partial charge in [0, 0.05) is 10.6 Å². The zero-order valence-corrected chi connectivity index (χ0v) is 13.0. The molecule has 0 spiro atoms. The molecule has 0 aliphatic carbocycles. The molecule has 0 saturated heterocycles. The van der Waals surface area contributed by atoms with E-state index in [4.69, 9.17) is 16.3 Å². The van der Waals surface area contributed by atoms with E-state index < -0.39 is 0 Å². The Morgan fingerprint density at radius 2 is 1.90 bits per heavy atom. The molecular formula is C17H19ClFNO. The first kappa shape index (κ1) is 15.8. The molecule has 2 rings (SSSR count). The smallest absolute Gasteiger partial charge is 0.129 e. The topological polar surface area (TPSA) is 21.3 Å². The van der Waals surface area contributed by atoms with E-state index in [0.29, 0.717) is 17.2 Å². The Morgan fingerprint density at radius 1 is 1.19 bits per heavy atom. The van der Waals surface area contributed by atoms with E-state index in [0.717, 1.165) is 17.7 Å². The van der Waals surface area contributed by atoms with E-state index in [1.54, 1.807) is 19.2 Å². The molecule has 112 valence electrons. The monoisotopic (exact) mass is 307 g/mol. The summed E-state index contributed by atoms with van der Waals surface area (Å²) in [5.74, 6) is 0.503. The first-order valence-corrected chi connectivity index (χ1v) is 7.39. The first-order valence-electron chi connectivity index (χ1n) is 7.01. The fourth-order valence-corrected chi connectivity index (χ4v) is 2.51. The number of ether oxygens (including phenoxy) is 1. The first-order chi connectivity index (χ1) is 10.2. The lowest BCUT2D eigenvalue weighted by molar-refractivity contribution is 0.317. The van der Waals surface area contributed by atoms with Crippen molar-refractivity contribution < 1.29 is 9.13 Å². The van der Waals surface area contributed by atoms with E-state index in [1.807, 2.05) is 24.3 Å². The lowest BCUT2D eigenvalue weighted by Gasteiger charge is -2.19. The van der Waals surface area contributed by atoms with Gasteiger partial charge in [-0.1, -0.05) is 36.7 Å². The van der Waals surface area contributed by atoms with Crippen LogP contribution in [-0.4, -0.2) is 13.7 Å². The summed E-state index contributed by atoms with van der Waals surface area (Å²) >= 11 is 6.15. The molecule has 2 aromatic rings. The average Bonchev–Trinajstić information content (AvgIpc) is 2.50. The highest BCUT2D eigenvalue weighted by Gasteiger charge is 2.19. The Balaban J connectivity index is 2.29. The Bertz CT molecular complexity index is 566. The minimum atomic E-state index is -0.312. The molecule has 1 unspecified atom stereocenters. The molecule has 4 heteroatoms. The molecular weight excluding hydrogens is 289 g/mol. The van der Waals surface area contributed by atoms with Crippen molar-refractivity contribution in [2.24, 2.45) is 0 Å². The van der Waals surface area contributed by atoms with Gasteiger partial charge in [-0.05, 0) is 43.3 Å². The van der Waals surface area contributed by atoms with Crippen molar-refractivity contribution in [2.45, 2.75) is 19.4 Å². The molecule has 2 nitrogen and oxygen atoms in total. The van der Waals surface area contributed by atoms with Crippen LogP contribution in [0.25, 0.3) is 0 Å². The minimum Gasteiger partial charge on any atom is -0.494 e. The fraction of sp³-hybridized carbons (Fsp3) is 0.294. The van der Waals surface area contributed by atoms with Crippen LogP contribution in [0.15, 0.2) is 42.5 Å². The molecule has 1 N–H and O–H groups in total. The van der Waals surface area contributed by atoms with Gasteiger partial charge >= 0.3 is 0 Å². The van der Waals surface area contributed by atoms with Crippen LogP contribution in [0.1, 0.15) is 30.5 Å². The number of hydrogen-bond acceptors (Lipinski definition) is 2. The van der Waals surface area contributed by atoms with E-state index in [1.165, 1.54) is 6.07 Å². The van der Waals surface area contributed by atoms with E-state index in [2.05, 4.69) is 12.2 Å². The summed E-state index contributed by atoms with van der Waals surface area (Å²) in [6.45, 7) is 2.75. The van der Waals surface area contributed by atoms with Crippen molar-refractivity contribution in [1.82, 2.24) is 5.32 Å². The van der Waals surface area contributed by atoms with Crippen LogP contribution >= 0.6 is 11.6 Å². The second-order valence-electron chi connectivity index (χ2n) is 4.77. The van der Waals surface area contributed by atoms with Gasteiger partial charge in [-0.2, -0.15) is 0 Å². The third kappa shape index (κ3) is 3.74. The van der Waals surface area contributed by atoms with Gasteiger partial charge in [0.05, 0.1) is 12.6 Å². The Kier molecular flexibility index (Phi) is 5.59. The molecule has 0 saturated carbocycles. The molecule has 0 heterocycles.